The van der Waals surface area contributed by atoms with E-state index in [1.807, 2.05) is 6.92 Å². The lowest BCUT2D eigenvalue weighted by Crippen LogP contribution is -2.75. The summed E-state index contributed by atoms with van der Waals surface area (Å²) in [5, 5.41) is 76.0. The fraction of sp³-hybridized carbons (Fsp3) is 0.923. The van der Waals surface area contributed by atoms with E-state index in [4.69, 9.17) is 9.47 Å². The summed E-state index contributed by atoms with van der Waals surface area (Å²) in [5.74, 6) is -0.628. The second-order valence-electron chi connectivity index (χ2n) is 18.8. The monoisotopic (exact) mass is 690 g/mol. The van der Waals surface area contributed by atoms with Gasteiger partial charge in [0.1, 0.15) is 18.3 Å². The minimum absolute atomic E-state index is 0.0260. The standard InChI is InChI=1S/C39H62O10/c1-6-22-16-37(32(46)47)15-14-33(2,20-40)17-24(37)23-8-13-38-10-7-11-39(22,23)36(38,5)12-9-27-34(3,21-41)30(25(42)18-35(27,38)4)49-31-29(45)28(44)26(43)19-48-31/h8,22,24-31,40-45H,6-7,9-21H2,1-5H3,(H,46,47). The van der Waals surface area contributed by atoms with Crippen LogP contribution in [0.5, 0.6) is 0 Å². The van der Waals surface area contributed by atoms with E-state index in [9.17, 15) is 40.5 Å². The van der Waals surface area contributed by atoms with Gasteiger partial charge in [-0.25, -0.2) is 0 Å². The van der Waals surface area contributed by atoms with Gasteiger partial charge in [0.25, 0.3) is 0 Å². The molecule has 1 saturated heterocycles. The highest BCUT2D eigenvalue weighted by molar-refractivity contribution is 5.77. The van der Waals surface area contributed by atoms with E-state index in [0.29, 0.717) is 32.1 Å². The first kappa shape index (κ1) is 36.3. The number of hydrogen-bond donors (Lipinski definition) is 7. The van der Waals surface area contributed by atoms with Crippen LogP contribution in [0.1, 0.15) is 112 Å². The average Bonchev–Trinajstić information content (AvgIpc) is 3.05. The number of aliphatic carboxylic acids is 1. The molecule has 0 aromatic rings. The van der Waals surface area contributed by atoms with Gasteiger partial charge in [-0.15, -0.1) is 0 Å². The van der Waals surface area contributed by atoms with Crippen molar-refractivity contribution < 1.29 is 50.0 Å². The fourth-order valence-electron chi connectivity index (χ4n) is 14.7. The van der Waals surface area contributed by atoms with Crippen molar-refractivity contribution in [1.29, 1.82) is 0 Å². The maximum absolute atomic E-state index is 13.4. The Hall–Kier alpha value is -1.11. The van der Waals surface area contributed by atoms with Gasteiger partial charge in [-0.2, -0.15) is 0 Å². The molecular weight excluding hydrogens is 628 g/mol. The number of rotatable bonds is 6. The normalized spacial score (nSPS) is 56.8. The number of ether oxygens (including phenoxy) is 2. The van der Waals surface area contributed by atoms with Crippen molar-refractivity contribution >= 4 is 5.97 Å². The van der Waals surface area contributed by atoms with Gasteiger partial charge in [0.15, 0.2) is 6.29 Å². The van der Waals surface area contributed by atoms with E-state index in [2.05, 4.69) is 33.8 Å². The maximum atomic E-state index is 13.4. The molecule has 16 atom stereocenters. The van der Waals surface area contributed by atoms with Crippen molar-refractivity contribution in [3.8, 4) is 0 Å². The topological polar surface area (TPSA) is 177 Å². The molecule has 7 N–H and O–H groups in total. The van der Waals surface area contributed by atoms with Crippen LogP contribution in [0.3, 0.4) is 0 Å². The number of carboxylic acids is 1. The molecule has 2 bridgehead atoms. The molecule has 6 aliphatic carbocycles. The van der Waals surface area contributed by atoms with Crippen molar-refractivity contribution in [3.63, 3.8) is 0 Å². The van der Waals surface area contributed by atoms with Crippen molar-refractivity contribution in [3.05, 3.63) is 11.6 Å². The highest BCUT2D eigenvalue weighted by Gasteiger charge is 2.79. The fourth-order valence-corrected chi connectivity index (χ4v) is 14.7. The summed E-state index contributed by atoms with van der Waals surface area (Å²) >= 11 is 0. The molecule has 1 aliphatic heterocycles. The lowest BCUT2D eigenvalue weighted by molar-refractivity contribution is -0.344. The molecule has 10 nitrogen and oxygen atoms in total. The first-order valence-electron chi connectivity index (χ1n) is 19.1. The third kappa shape index (κ3) is 4.38. The number of carboxylic acid groups (broad SMARTS) is 1. The molecule has 5 saturated carbocycles. The second-order valence-corrected chi connectivity index (χ2v) is 18.8. The lowest BCUT2D eigenvalue weighted by Gasteiger charge is -2.80. The lowest BCUT2D eigenvalue weighted by atomic mass is 9.24. The Balaban J connectivity index is 1.32. The second kappa shape index (κ2) is 11.7. The Kier molecular flexibility index (Phi) is 8.65. The number of hydrogen-bond acceptors (Lipinski definition) is 9. The number of allylic oxidation sites excluding steroid dienone is 2. The molecule has 0 radical (unpaired) electrons. The van der Waals surface area contributed by atoms with Crippen molar-refractivity contribution in [2.75, 3.05) is 19.8 Å². The summed E-state index contributed by atoms with van der Waals surface area (Å²) in [6.07, 6.45) is 4.73. The van der Waals surface area contributed by atoms with Gasteiger partial charge in [-0.05, 0) is 104 Å². The van der Waals surface area contributed by atoms with Crippen LogP contribution >= 0.6 is 0 Å². The minimum Gasteiger partial charge on any atom is -0.481 e. The van der Waals surface area contributed by atoms with Crippen molar-refractivity contribution in [1.82, 2.24) is 0 Å². The Morgan fingerprint density at radius 3 is 2.31 bits per heavy atom. The van der Waals surface area contributed by atoms with Gasteiger partial charge >= 0.3 is 5.97 Å². The summed E-state index contributed by atoms with van der Waals surface area (Å²) in [6.45, 7) is 10.8. The SMILES string of the molecule is CCC1CC2(C(=O)O)CCC(C)(CO)CC2C2=CCC34CCCC21C3(C)CCC1C(C)(CO)C(OC2OCC(O)C(O)C2O)C(O)CC14C. The summed E-state index contributed by atoms with van der Waals surface area (Å²) in [7, 11) is 0. The first-order valence-corrected chi connectivity index (χ1v) is 19.1. The molecule has 278 valence electrons. The predicted octanol–water partition coefficient (Wildman–Crippen LogP) is 3.78. The van der Waals surface area contributed by atoms with Crippen LogP contribution < -0.4 is 0 Å². The van der Waals surface area contributed by atoms with Crippen LogP contribution in [-0.2, 0) is 14.3 Å². The van der Waals surface area contributed by atoms with E-state index in [0.717, 1.165) is 44.9 Å². The van der Waals surface area contributed by atoms with Gasteiger partial charge in [0.2, 0.25) is 0 Å². The number of aliphatic hydroxyl groups excluding tert-OH is 6. The Bertz CT molecular complexity index is 1350. The molecule has 1 heterocycles. The van der Waals surface area contributed by atoms with Crippen molar-refractivity contribution in [2.45, 2.75) is 148 Å². The quantitative estimate of drug-likeness (QED) is 0.160. The van der Waals surface area contributed by atoms with Gasteiger partial charge in [0.05, 0.1) is 30.8 Å². The Labute approximate surface area is 291 Å². The van der Waals surface area contributed by atoms with Gasteiger partial charge in [0, 0.05) is 17.4 Å². The molecule has 7 rings (SSSR count). The van der Waals surface area contributed by atoms with Gasteiger partial charge < -0.3 is 45.2 Å². The third-order valence-corrected chi connectivity index (χ3v) is 17.2. The third-order valence-electron chi connectivity index (χ3n) is 17.2. The maximum Gasteiger partial charge on any atom is 0.310 e. The Morgan fingerprint density at radius 1 is 0.918 bits per heavy atom. The van der Waals surface area contributed by atoms with E-state index in [1.165, 1.54) is 5.57 Å². The van der Waals surface area contributed by atoms with Crippen LogP contribution in [0.4, 0.5) is 0 Å². The zero-order valence-corrected chi connectivity index (χ0v) is 30.2. The van der Waals surface area contributed by atoms with Crippen LogP contribution in [0.15, 0.2) is 11.6 Å². The van der Waals surface area contributed by atoms with Crippen molar-refractivity contribution in [2.24, 2.45) is 55.7 Å². The molecule has 10 heteroatoms. The van der Waals surface area contributed by atoms with Gasteiger partial charge in [-0.1, -0.05) is 59.1 Å². The van der Waals surface area contributed by atoms with Crippen LogP contribution in [0, 0.1) is 55.7 Å². The summed E-state index contributed by atoms with van der Waals surface area (Å²) < 4.78 is 12.0. The molecule has 0 aromatic carbocycles. The molecule has 16 unspecified atom stereocenters. The van der Waals surface area contributed by atoms with Crippen LogP contribution in [-0.4, -0.2) is 98.3 Å². The van der Waals surface area contributed by atoms with E-state index < -0.39 is 53.6 Å². The molecule has 1 spiro atoms. The molecular formula is C39H62O10. The number of fused-ring (bicyclic) bond motifs is 3. The molecule has 0 amide bonds. The highest BCUT2D eigenvalue weighted by Crippen LogP contribution is 2.85. The average molecular weight is 691 g/mol. The predicted molar refractivity (Wildman–Crippen MR) is 180 cm³/mol. The summed E-state index contributed by atoms with van der Waals surface area (Å²) in [6, 6.07) is 0. The first-order chi connectivity index (χ1) is 23.0. The molecule has 0 aromatic heterocycles. The number of carbonyl (C=O) groups is 1. The zero-order valence-electron chi connectivity index (χ0n) is 30.2. The van der Waals surface area contributed by atoms with E-state index in [-0.39, 0.29) is 64.6 Å². The summed E-state index contributed by atoms with van der Waals surface area (Å²) in [5.41, 5.74) is -1.63. The smallest absolute Gasteiger partial charge is 0.310 e. The minimum atomic E-state index is -1.50. The molecule has 6 fully saturated rings. The number of aliphatic hydroxyl groups is 6. The van der Waals surface area contributed by atoms with Gasteiger partial charge in [-0.3, -0.25) is 4.79 Å². The Morgan fingerprint density at radius 2 is 1.65 bits per heavy atom. The molecule has 49 heavy (non-hydrogen) atoms. The van der Waals surface area contributed by atoms with E-state index >= 15 is 0 Å². The highest BCUT2D eigenvalue weighted by atomic mass is 16.7. The van der Waals surface area contributed by atoms with Crippen LogP contribution in [0.25, 0.3) is 0 Å². The molecule has 7 aliphatic rings. The summed E-state index contributed by atoms with van der Waals surface area (Å²) in [4.78, 5) is 13.4. The largest absolute Gasteiger partial charge is 0.481 e. The van der Waals surface area contributed by atoms with E-state index in [1.54, 1.807) is 0 Å². The zero-order chi connectivity index (χ0) is 35.6. The van der Waals surface area contributed by atoms with Crippen LogP contribution in [0.2, 0.25) is 0 Å².